The first-order chi connectivity index (χ1) is 11.1. The number of ether oxygens (including phenoxy) is 4. The second kappa shape index (κ2) is 6.30. The minimum Gasteiger partial charge on any atom is -0.497 e. The van der Waals surface area contributed by atoms with E-state index in [2.05, 4.69) is 0 Å². The molecule has 0 spiro atoms. The number of epoxide rings is 1. The first-order valence-corrected chi connectivity index (χ1v) is 7.31. The third kappa shape index (κ3) is 4.02. The van der Waals surface area contributed by atoms with Crippen LogP contribution in [0.5, 0.6) is 17.2 Å². The zero-order valence-corrected chi connectivity index (χ0v) is 13.1. The molecule has 2 aromatic carbocycles. The third-order valence-corrected chi connectivity index (χ3v) is 3.54. The molecular weight excluding hydrogens is 296 g/mol. The van der Waals surface area contributed by atoms with E-state index in [1.807, 2.05) is 6.92 Å². The summed E-state index contributed by atoms with van der Waals surface area (Å²) in [5.74, 6) is 1.46. The highest BCUT2D eigenvalue weighted by Gasteiger charge is 2.40. The van der Waals surface area contributed by atoms with E-state index in [1.165, 1.54) is 0 Å². The van der Waals surface area contributed by atoms with E-state index in [9.17, 15) is 4.79 Å². The molecule has 0 aromatic heterocycles. The van der Waals surface area contributed by atoms with Crippen molar-refractivity contribution in [2.75, 3.05) is 20.3 Å². The molecule has 120 valence electrons. The first-order valence-electron chi connectivity index (χ1n) is 7.31. The number of benzene rings is 2. The maximum absolute atomic E-state index is 12.1. The van der Waals surface area contributed by atoms with Crippen LogP contribution in [0.1, 0.15) is 17.3 Å². The van der Waals surface area contributed by atoms with Crippen LogP contribution < -0.4 is 14.2 Å². The van der Waals surface area contributed by atoms with Crippen molar-refractivity contribution in [3.63, 3.8) is 0 Å². The predicted octanol–water partition coefficient (Wildman–Crippen LogP) is 3.08. The van der Waals surface area contributed by atoms with Gasteiger partial charge in [0.25, 0.3) is 0 Å². The molecule has 0 saturated carbocycles. The number of carbonyl (C=O) groups is 1. The zero-order chi connectivity index (χ0) is 16.3. The summed E-state index contributed by atoms with van der Waals surface area (Å²) in [6.07, 6.45) is 0. The van der Waals surface area contributed by atoms with Crippen LogP contribution in [0.2, 0.25) is 0 Å². The molecule has 1 aliphatic rings. The summed E-state index contributed by atoms with van der Waals surface area (Å²) >= 11 is 0. The van der Waals surface area contributed by atoms with Crippen molar-refractivity contribution in [2.45, 2.75) is 12.5 Å². The van der Waals surface area contributed by atoms with Gasteiger partial charge >= 0.3 is 5.97 Å². The van der Waals surface area contributed by atoms with E-state index in [1.54, 1.807) is 55.6 Å². The van der Waals surface area contributed by atoms with Crippen LogP contribution in [0, 0.1) is 0 Å². The number of esters is 1. The Labute approximate surface area is 134 Å². The van der Waals surface area contributed by atoms with E-state index >= 15 is 0 Å². The molecule has 0 aliphatic carbocycles. The number of methoxy groups -OCH3 is 1. The first kappa shape index (κ1) is 15.4. The van der Waals surface area contributed by atoms with Crippen molar-refractivity contribution in [1.82, 2.24) is 0 Å². The van der Waals surface area contributed by atoms with Gasteiger partial charge in [0.2, 0.25) is 0 Å². The topological polar surface area (TPSA) is 57.3 Å². The quantitative estimate of drug-likeness (QED) is 0.466. The highest BCUT2D eigenvalue weighted by molar-refractivity contribution is 5.91. The van der Waals surface area contributed by atoms with Crippen molar-refractivity contribution in [1.29, 1.82) is 0 Å². The van der Waals surface area contributed by atoms with Gasteiger partial charge in [-0.2, -0.15) is 0 Å². The van der Waals surface area contributed by atoms with E-state index < -0.39 is 5.97 Å². The minimum atomic E-state index is -0.417. The predicted molar refractivity (Wildman–Crippen MR) is 84.2 cm³/mol. The maximum Gasteiger partial charge on any atom is 0.343 e. The number of rotatable bonds is 6. The standard InChI is InChI=1S/C18H18O5/c1-18(12-22-18)11-21-15-5-3-13(4-6-15)17(19)23-16-9-7-14(20-2)8-10-16/h3-10H,11-12H2,1-2H3. The van der Waals surface area contributed by atoms with Crippen LogP contribution in [0.25, 0.3) is 0 Å². The summed E-state index contributed by atoms with van der Waals surface area (Å²) in [6, 6.07) is 13.7. The second-order valence-corrected chi connectivity index (χ2v) is 5.62. The normalized spacial score (nSPS) is 19.0. The number of hydrogen-bond acceptors (Lipinski definition) is 5. The Bertz CT molecular complexity index is 672. The van der Waals surface area contributed by atoms with Crippen LogP contribution in [0.15, 0.2) is 48.5 Å². The highest BCUT2D eigenvalue weighted by Crippen LogP contribution is 2.27. The van der Waals surface area contributed by atoms with E-state index in [4.69, 9.17) is 18.9 Å². The van der Waals surface area contributed by atoms with Crippen LogP contribution in [-0.4, -0.2) is 31.9 Å². The van der Waals surface area contributed by atoms with Gasteiger partial charge in [0, 0.05) is 0 Å². The van der Waals surface area contributed by atoms with E-state index in [-0.39, 0.29) is 5.60 Å². The minimum absolute atomic E-state index is 0.161. The van der Waals surface area contributed by atoms with Gasteiger partial charge in [-0.1, -0.05) is 0 Å². The van der Waals surface area contributed by atoms with Crippen molar-refractivity contribution >= 4 is 5.97 Å². The van der Waals surface area contributed by atoms with Gasteiger partial charge in [-0.15, -0.1) is 0 Å². The Balaban J connectivity index is 1.58. The van der Waals surface area contributed by atoms with Crippen molar-refractivity contribution in [3.8, 4) is 17.2 Å². The molecule has 5 nitrogen and oxygen atoms in total. The summed E-state index contributed by atoms with van der Waals surface area (Å²) in [5, 5.41) is 0. The monoisotopic (exact) mass is 314 g/mol. The molecule has 1 saturated heterocycles. The van der Waals surface area contributed by atoms with Gasteiger partial charge in [-0.25, -0.2) is 4.79 Å². The molecule has 3 rings (SSSR count). The Morgan fingerprint density at radius 2 is 1.61 bits per heavy atom. The van der Waals surface area contributed by atoms with E-state index in [0.717, 1.165) is 6.61 Å². The third-order valence-electron chi connectivity index (χ3n) is 3.54. The highest BCUT2D eigenvalue weighted by atomic mass is 16.6. The largest absolute Gasteiger partial charge is 0.497 e. The van der Waals surface area contributed by atoms with Crippen LogP contribution in [-0.2, 0) is 4.74 Å². The lowest BCUT2D eigenvalue weighted by molar-refractivity contribution is 0.0734. The Morgan fingerprint density at radius 1 is 1.04 bits per heavy atom. The van der Waals surface area contributed by atoms with Gasteiger partial charge in [-0.3, -0.25) is 0 Å². The number of hydrogen-bond donors (Lipinski definition) is 0. The lowest BCUT2D eigenvalue weighted by Gasteiger charge is -2.09. The molecule has 0 amide bonds. The number of carbonyl (C=O) groups excluding carboxylic acids is 1. The van der Waals surface area contributed by atoms with Crippen LogP contribution in [0.3, 0.4) is 0 Å². The average molecular weight is 314 g/mol. The van der Waals surface area contributed by atoms with Crippen molar-refractivity contribution in [2.24, 2.45) is 0 Å². The summed E-state index contributed by atoms with van der Waals surface area (Å²) < 4.78 is 21.2. The summed E-state index contributed by atoms with van der Waals surface area (Å²) in [7, 11) is 1.58. The summed E-state index contributed by atoms with van der Waals surface area (Å²) in [4.78, 5) is 12.1. The Hall–Kier alpha value is -2.53. The molecule has 2 aromatic rings. The average Bonchev–Trinajstić information content (AvgIpc) is 3.32. The smallest absolute Gasteiger partial charge is 0.343 e. The molecule has 1 unspecified atom stereocenters. The molecule has 1 fully saturated rings. The van der Waals surface area contributed by atoms with Gasteiger partial charge in [0.15, 0.2) is 0 Å². The molecule has 0 radical (unpaired) electrons. The van der Waals surface area contributed by atoms with Gasteiger partial charge in [-0.05, 0) is 55.5 Å². The maximum atomic E-state index is 12.1. The van der Waals surface area contributed by atoms with Crippen molar-refractivity contribution in [3.05, 3.63) is 54.1 Å². The molecular formula is C18H18O5. The molecule has 5 heteroatoms. The fourth-order valence-corrected chi connectivity index (χ4v) is 1.94. The lowest BCUT2D eigenvalue weighted by Crippen LogP contribution is -2.17. The van der Waals surface area contributed by atoms with Crippen LogP contribution >= 0.6 is 0 Å². The summed E-state index contributed by atoms with van der Waals surface area (Å²) in [5.41, 5.74) is 0.299. The van der Waals surface area contributed by atoms with Gasteiger partial charge in [0.1, 0.15) is 29.5 Å². The fraction of sp³-hybridized carbons (Fsp3) is 0.278. The Kier molecular flexibility index (Phi) is 4.21. The second-order valence-electron chi connectivity index (χ2n) is 5.62. The van der Waals surface area contributed by atoms with E-state index in [0.29, 0.717) is 29.4 Å². The Morgan fingerprint density at radius 3 is 2.17 bits per heavy atom. The van der Waals surface area contributed by atoms with Gasteiger partial charge in [0.05, 0.1) is 19.3 Å². The molecule has 0 bridgehead atoms. The molecule has 1 heterocycles. The lowest BCUT2D eigenvalue weighted by atomic mass is 10.2. The fourth-order valence-electron chi connectivity index (χ4n) is 1.94. The molecule has 1 aliphatic heterocycles. The molecule has 0 N–H and O–H groups in total. The zero-order valence-electron chi connectivity index (χ0n) is 13.1. The van der Waals surface area contributed by atoms with Gasteiger partial charge < -0.3 is 18.9 Å². The molecule has 23 heavy (non-hydrogen) atoms. The van der Waals surface area contributed by atoms with Crippen molar-refractivity contribution < 1.29 is 23.7 Å². The van der Waals surface area contributed by atoms with Crippen LogP contribution in [0.4, 0.5) is 0 Å². The SMILES string of the molecule is COc1ccc(OC(=O)c2ccc(OCC3(C)CO3)cc2)cc1. The molecule has 1 atom stereocenters. The summed E-state index contributed by atoms with van der Waals surface area (Å²) in [6.45, 7) is 3.22.